The van der Waals surface area contributed by atoms with E-state index in [9.17, 15) is 17.6 Å². The summed E-state index contributed by atoms with van der Waals surface area (Å²) in [6.45, 7) is 2.13. The van der Waals surface area contributed by atoms with E-state index in [2.05, 4.69) is 4.98 Å². The molecule has 0 amide bonds. The summed E-state index contributed by atoms with van der Waals surface area (Å²) in [5.41, 5.74) is -0.644. The Kier molecular flexibility index (Phi) is 3.99. The molecular weight excluding hydrogens is 268 g/mol. The van der Waals surface area contributed by atoms with Gasteiger partial charge < -0.3 is 4.90 Å². The third-order valence-electron chi connectivity index (χ3n) is 2.95. The number of rotatable bonds is 1. The van der Waals surface area contributed by atoms with Crippen molar-refractivity contribution in [2.45, 2.75) is 19.4 Å². The maximum absolute atomic E-state index is 13.6. The second kappa shape index (κ2) is 5.34. The fourth-order valence-electron chi connectivity index (χ4n) is 1.96. The van der Waals surface area contributed by atoms with Gasteiger partial charge >= 0.3 is 0 Å². The first-order chi connectivity index (χ1) is 8.52. The average molecular weight is 280 g/mol. The lowest BCUT2D eigenvalue weighted by atomic mass is 10.2. The molecule has 1 fully saturated rings. The molecule has 0 saturated carbocycles. The van der Waals surface area contributed by atoms with Gasteiger partial charge in [-0.2, -0.15) is 34.3 Å². The number of hydrogen-bond donors (Lipinski definition) is 0. The number of nitrogens with zero attached hydrogens (tertiary/aromatic N) is 2. The zero-order chi connectivity index (χ0) is 13.3. The molecule has 0 aliphatic carbocycles. The zero-order valence-corrected chi connectivity index (χ0v) is 10.5. The molecule has 7 heteroatoms. The Morgan fingerprint density at radius 1 is 1.11 bits per heavy atom. The first-order valence-corrected chi connectivity index (χ1v) is 6.72. The topological polar surface area (TPSA) is 16.1 Å². The van der Waals surface area contributed by atoms with Gasteiger partial charge in [0.15, 0.2) is 0 Å². The summed E-state index contributed by atoms with van der Waals surface area (Å²) in [7, 11) is 0. The number of halogens is 4. The van der Waals surface area contributed by atoms with Crippen molar-refractivity contribution in [2.75, 3.05) is 23.0 Å². The van der Waals surface area contributed by atoms with Crippen molar-refractivity contribution in [3.8, 4) is 0 Å². The van der Waals surface area contributed by atoms with Gasteiger partial charge in [-0.05, 0) is 19.1 Å². The van der Waals surface area contributed by atoms with Crippen LogP contribution in [0.4, 0.5) is 23.2 Å². The summed E-state index contributed by atoms with van der Waals surface area (Å²) >= 11 is 1.65. The molecule has 0 radical (unpaired) electrons. The van der Waals surface area contributed by atoms with Crippen LogP contribution in [-0.2, 0) is 0 Å². The van der Waals surface area contributed by atoms with Crippen LogP contribution in [0.1, 0.15) is 13.3 Å². The van der Waals surface area contributed by atoms with E-state index in [4.69, 9.17) is 0 Å². The molecule has 1 aliphatic rings. The van der Waals surface area contributed by atoms with Gasteiger partial charge in [-0.3, -0.25) is 0 Å². The minimum absolute atomic E-state index is 0.176. The van der Waals surface area contributed by atoms with Crippen molar-refractivity contribution in [1.82, 2.24) is 4.98 Å². The summed E-state index contributed by atoms with van der Waals surface area (Å²) in [5.74, 6) is -4.53. The molecule has 1 unspecified atom stereocenters. The van der Waals surface area contributed by atoms with Crippen molar-refractivity contribution in [2.24, 2.45) is 0 Å². The van der Waals surface area contributed by atoms with Crippen molar-refractivity contribution >= 4 is 17.4 Å². The Morgan fingerprint density at radius 2 is 1.72 bits per heavy atom. The van der Waals surface area contributed by atoms with Crippen molar-refractivity contribution in [3.63, 3.8) is 0 Å². The minimum Gasteiger partial charge on any atom is -0.363 e. The van der Waals surface area contributed by atoms with E-state index in [1.54, 1.807) is 18.7 Å². The number of thioether (sulfide) groups is 1. The predicted molar refractivity (Wildman–Crippen MR) is 62.8 cm³/mol. The quantitative estimate of drug-likeness (QED) is 0.581. The first-order valence-electron chi connectivity index (χ1n) is 5.56. The van der Waals surface area contributed by atoms with E-state index >= 15 is 0 Å². The van der Waals surface area contributed by atoms with E-state index in [1.165, 1.54) is 4.90 Å². The highest BCUT2D eigenvalue weighted by molar-refractivity contribution is 7.99. The molecule has 2 heterocycles. The molecule has 1 saturated heterocycles. The van der Waals surface area contributed by atoms with Crippen LogP contribution < -0.4 is 4.90 Å². The van der Waals surface area contributed by atoms with E-state index in [-0.39, 0.29) is 6.04 Å². The van der Waals surface area contributed by atoms with E-state index in [0.29, 0.717) is 18.7 Å². The van der Waals surface area contributed by atoms with Crippen molar-refractivity contribution < 1.29 is 17.6 Å². The van der Waals surface area contributed by atoms with Gasteiger partial charge in [-0.25, -0.2) is 0 Å². The molecule has 0 bridgehead atoms. The fraction of sp³-hybridized carbons (Fsp3) is 0.545. The molecule has 1 aliphatic heterocycles. The van der Waals surface area contributed by atoms with Crippen LogP contribution in [0.3, 0.4) is 0 Å². The Morgan fingerprint density at radius 3 is 2.33 bits per heavy atom. The standard InChI is InChI=1S/C11H12F4N2S/c1-6-2-4-18-5-3-17(6)9-7(12)10(14)16-11(15)8(9)13/h6H,2-5H2,1H3. The van der Waals surface area contributed by atoms with Crippen LogP contribution in [0.2, 0.25) is 0 Å². The summed E-state index contributed by atoms with van der Waals surface area (Å²) < 4.78 is 53.4. The summed E-state index contributed by atoms with van der Waals surface area (Å²) in [6.07, 6.45) is 0.703. The number of pyridine rings is 1. The number of aromatic nitrogens is 1. The molecule has 100 valence electrons. The Labute approximate surface area is 106 Å². The summed E-state index contributed by atoms with van der Waals surface area (Å²) in [4.78, 5) is 3.93. The molecule has 0 N–H and O–H groups in total. The minimum atomic E-state index is -1.60. The number of anilines is 1. The van der Waals surface area contributed by atoms with E-state index in [0.717, 1.165) is 5.75 Å². The van der Waals surface area contributed by atoms with Gasteiger partial charge in [0.2, 0.25) is 11.6 Å². The molecule has 18 heavy (non-hydrogen) atoms. The molecule has 0 aromatic carbocycles. The SMILES string of the molecule is CC1CCSCCN1c1c(F)c(F)nc(F)c1F. The smallest absolute Gasteiger partial charge is 0.253 e. The average Bonchev–Trinajstić information content (AvgIpc) is 2.53. The van der Waals surface area contributed by atoms with E-state index in [1.807, 2.05) is 0 Å². The van der Waals surface area contributed by atoms with Crippen molar-refractivity contribution in [3.05, 3.63) is 23.5 Å². The Balaban J connectivity index is 2.48. The van der Waals surface area contributed by atoms with Gasteiger partial charge in [0, 0.05) is 18.3 Å². The normalized spacial score (nSPS) is 20.9. The van der Waals surface area contributed by atoms with Gasteiger partial charge in [0.1, 0.15) is 5.69 Å². The molecule has 2 nitrogen and oxygen atoms in total. The van der Waals surface area contributed by atoms with Gasteiger partial charge in [0.25, 0.3) is 11.9 Å². The van der Waals surface area contributed by atoms with Crippen LogP contribution in [0.5, 0.6) is 0 Å². The highest BCUT2D eigenvalue weighted by atomic mass is 32.2. The molecular formula is C11H12F4N2S. The largest absolute Gasteiger partial charge is 0.363 e. The summed E-state index contributed by atoms with van der Waals surface area (Å²) in [5, 5.41) is 0. The molecule has 1 aromatic rings. The van der Waals surface area contributed by atoms with Crippen LogP contribution in [-0.4, -0.2) is 29.1 Å². The lowest BCUT2D eigenvalue weighted by Gasteiger charge is -2.29. The number of hydrogen-bond acceptors (Lipinski definition) is 3. The third kappa shape index (κ3) is 2.41. The van der Waals surface area contributed by atoms with Gasteiger partial charge in [-0.1, -0.05) is 0 Å². The molecule has 0 spiro atoms. The van der Waals surface area contributed by atoms with Gasteiger partial charge in [-0.15, -0.1) is 0 Å². The van der Waals surface area contributed by atoms with Crippen LogP contribution in [0.15, 0.2) is 0 Å². The lowest BCUT2D eigenvalue weighted by molar-refractivity contribution is 0.403. The lowest BCUT2D eigenvalue weighted by Crippen LogP contribution is -2.35. The monoisotopic (exact) mass is 280 g/mol. The maximum atomic E-state index is 13.6. The van der Waals surface area contributed by atoms with Crippen LogP contribution in [0, 0.1) is 23.5 Å². The Hall–Kier alpha value is -0.980. The highest BCUT2D eigenvalue weighted by Crippen LogP contribution is 2.30. The van der Waals surface area contributed by atoms with Crippen molar-refractivity contribution in [1.29, 1.82) is 0 Å². The third-order valence-corrected chi connectivity index (χ3v) is 3.95. The molecule has 1 aromatic heterocycles. The second-order valence-electron chi connectivity index (χ2n) is 4.11. The summed E-state index contributed by atoms with van der Waals surface area (Å²) in [6, 6.07) is -0.176. The first kappa shape index (κ1) is 13.5. The Bertz CT molecular complexity index is 429. The van der Waals surface area contributed by atoms with Crippen LogP contribution >= 0.6 is 11.8 Å². The molecule has 2 rings (SSSR count). The van der Waals surface area contributed by atoms with Crippen LogP contribution in [0.25, 0.3) is 0 Å². The maximum Gasteiger partial charge on any atom is 0.253 e. The zero-order valence-electron chi connectivity index (χ0n) is 9.72. The van der Waals surface area contributed by atoms with E-state index < -0.39 is 29.2 Å². The predicted octanol–water partition coefficient (Wildman–Crippen LogP) is 2.97. The second-order valence-corrected chi connectivity index (χ2v) is 5.34. The molecule has 1 atom stereocenters. The highest BCUT2D eigenvalue weighted by Gasteiger charge is 2.28. The fourth-order valence-corrected chi connectivity index (χ4v) is 2.99. The van der Waals surface area contributed by atoms with Gasteiger partial charge in [0.05, 0.1) is 0 Å².